The molecule has 0 radical (unpaired) electrons. The van der Waals surface area contributed by atoms with Gasteiger partial charge in [0.1, 0.15) is 0 Å². The van der Waals surface area contributed by atoms with Crippen LogP contribution in [0, 0.1) is 0 Å². The van der Waals surface area contributed by atoms with Crippen LogP contribution >= 0.6 is 0 Å². The van der Waals surface area contributed by atoms with Crippen LogP contribution in [0.3, 0.4) is 0 Å². The summed E-state index contributed by atoms with van der Waals surface area (Å²) in [5, 5.41) is 7.10. The number of aromatic nitrogens is 2. The summed E-state index contributed by atoms with van der Waals surface area (Å²) in [5.41, 5.74) is 1.12. The SMILES string of the molecule is CCN(OC)C(=O)NCc1ccc(-c2noc(C(F)(F)F)n2)cc1. The van der Waals surface area contributed by atoms with Crippen LogP contribution in [0.4, 0.5) is 18.0 Å². The number of hydroxylamine groups is 2. The van der Waals surface area contributed by atoms with Crippen molar-refractivity contribution in [1.29, 1.82) is 0 Å². The Labute approximate surface area is 135 Å². The normalized spacial score (nSPS) is 11.4. The molecule has 24 heavy (non-hydrogen) atoms. The molecular weight excluding hydrogens is 329 g/mol. The number of nitrogens with zero attached hydrogens (tertiary/aromatic N) is 3. The summed E-state index contributed by atoms with van der Waals surface area (Å²) in [4.78, 5) is 19.9. The third-order valence-corrected chi connectivity index (χ3v) is 3.06. The zero-order valence-electron chi connectivity index (χ0n) is 12.9. The number of hydrogen-bond donors (Lipinski definition) is 1. The van der Waals surface area contributed by atoms with E-state index in [0.717, 1.165) is 10.6 Å². The molecule has 1 heterocycles. The fraction of sp³-hybridized carbons (Fsp3) is 0.357. The fourth-order valence-corrected chi connectivity index (χ4v) is 1.85. The minimum atomic E-state index is -4.68. The second kappa shape index (κ2) is 7.30. The van der Waals surface area contributed by atoms with Crippen LogP contribution in [0.5, 0.6) is 0 Å². The molecule has 0 unspecified atom stereocenters. The van der Waals surface area contributed by atoms with Gasteiger partial charge in [-0.25, -0.2) is 9.86 Å². The van der Waals surface area contributed by atoms with Crippen molar-refractivity contribution < 1.29 is 27.3 Å². The summed E-state index contributed by atoms with van der Waals surface area (Å²) < 4.78 is 41.5. The van der Waals surface area contributed by atoms with Crippen LogP contribution < -0.4 is 5.32 Å². The number of carbonyl (C=O) groups excluding carboxylic acids is 1. The van der Waals surface area contributed by atoms with E-state index in [2.05, 4.69) is 20.0 Å². The molecule has 130 valence electrons. The van der Waals surface area contributed by atoms with E-state index >= 15 is 0 Å². The lowest BCUT2D eigenvalue weighted by molar-refractivity contribution is -0.159. The van der Waals surface area contributed by atoms with Gasteiger partial charge in [-0.15, -0.1) is 0 Å². The Bertz CT molecular complexity index is 681. The third kappa shape index (κ3) is 4.22. The summed E-state index contributed by atoms with van der Waals surface area (Å²) >= 11 is 0. The predicted octanol–water partition coefficient (Wildman–Crippen LogP) is 2.85. The van der Waals surface area contributed by atoms with Crippen LogP contribution in [0.15, 0.2) is 28.8 Å². The molecule has 0 saturated carbocycles. The maximum absolute atomic E-state index is 12.4. The number of rotatable bonds is 5. The van der Waals surface area contributed by atoms with Gasteiger partial charge in [0.15, 0.2) is 0 Å². The minimum Gasteiger partial charge on any atom is -0.332 e. The first-order valence-corrected chi connectivity index (χ1v) is 6.94. The Morgan fingerprint density at radius 2 is 2.00 bits per heavy atom. The van der Waals surface area contributed by atoms with Crippen molar-refractivity contribution in [3.8, 4) is 11.4 Å². The minimum absolute atomic E-state index is 0.158. The van der Waals surface area contributed by atoms with Crippen LogP contribution in [0.25, 0.3) is 11.4 Å². The molecule has 0 aliphatic carbocycles. The highest BCUT2D eigenvalue weighted by molar-refractivity contribution is 5.73. The quantitative estimate of drug-likeness (QED) is 0.844. The molecule has 0 aliphatic rings. The summed E-state index contributed by atoms with van der Waals surface area (Å²) in [6.45, 7) is 2.39. The smallest absolute Gasteiger partial charge is 0.332 e. The number of amides is 2. The number of alkyl halides is 3. The average molecular weight is 344 g/mol. The third-order valence-electron chi connectivity index (χ3n) is 3.06. The number of halogens is 3. The lowest BCUT2D eigenvalue weighted by Gasteiger charge is -2.18. The van der Waals surface area contributed by atoms with Gasteiger partial charge in [-0.2, -0.15) is 18.2 Å². The Hall–Kier alpha value is -2.62. The van der Waals surface area contributed by atoms with E-state index in [-0.39, 0.29) is 12.4 Å². The highest BCUT2D eigenvalue weighted by Gasteiger charge is 2.38. The van der Waals surface area contributed by atoms with Gasteiger partial charge in [0.25, 0.3) is 0 Å². The molecule has 1 aromatic heterocycles. The van der Waals surface area contributed by atoms with E-state index < -0.39 is 18.1 Å². The van der Waals surface area contributed by atoms with Crippen molar-refractivity contribution in [3.63, 3.8) is 0 Å². The molecule has 2 amide bonds. The van der Waals surface area contributed by atoms with Crippen molar-refractivity contribution in [1.82, 2.24) is 20.5 Å². The molecule has 2 aromatic rings. The first-order chi connectivity index (χ1) is 11.3. The molecule has 0 spiro atoms. The van der Waals surface area contributed by atoms with Crippen LogP contribution in [-0.4, -0.2) is 34.9 Å². The van der Waals surface area contributed by atoms with Gasteiger partial charge in [-0.05, 0) is 12.5 Å². The molecular formula is C14H15F3N4O3. The zero-order valence-corrected chi connectivity index (χ0v) is 12.9. The standard InChI is InChI=1S/C14H15F3N4O3/c1-3-21(23-2)13(22)18-8-9-4-6-10(7-5-9)11-19-12(24-20-11)14(15,16)17/h4-7H,3,8H2,1-2H3,(H,18,22). The lowest BCUT2D eigenvalue weighted by atomic mass is 10.1. The summed E-state index contributed by atoms with van der Waals surface area (Å²) in [5.74, 6) is -1.55. The predicted molar refractivity (Wildman–Crippen MR) is 76.4 cm³/mol. The van der Waals surface area contributed by atoms with Crippen LogP contribution in [0.2, 0.25) is 0 Å². The molecule has 2 rings (SSSR count). The largest absolute Gasteiger partial charge is 0.471 e. The maximum Gasteiger partial charge on any atom is 0.471 e. The maximum atomic E-state index is 12.4. The van der Waals surface area contributed by atoms with Crippen molar-refractivity contribution in [2.45, 2.75) is 19.6 Å². The second-order valence-corrected chi connectivity index (χ2v) is 4.65. The van der Waals surface area contributed by atoms with Crippen molar-refractivity contribution in [2.75, 3.05) is 13.7 Å². The van der Waals surface area contributed by atoms with Gasteiger partial charge >= 0.3 is 18.1 Å². The van der Waals surface area contributed by atoms with Gasteiger partial charge in [-0.3, -0.25) is 4.84 Å². The summed E-state index contributed by atoms with van der Waals surface area (Å²) in [6.07, 6.45) is -4.68. The summed E-state index contributed by atoms with van der Waals surface area (Å²) in [6, 6.07) is 5.97. The molecule has 1 N–H and O–H groups in total. The first kappa shape index (κ1) is 17.7. The van der Waals surface area contributed by atoms with Crippen molar-refractivity contribution in [3.05, 3.63) is 35.7 Å². The molecule has 0 aliphatic heterocycles. The lowest BCUT2D eigenvalue weighted by Crippen LogP contribution is -2.38. The van der Waals surface area contributed by atoms with E-state index in [0.29, 0.717) is 12.1 Å². The van der Waals surface area contributed by atoms with E-state index in [1.54, 1.807) is 31.2 Å². The first-order valence-electron chi connectivity index (χ1n) is 6.94. The Morgan fingerprint density at radius 1 is 1.33 bits per heavy atom. The van der Waals surface area contributed by atoms with Gasteiger partial charge in [0.05, 0.1) is 7.11 Å². The highest BCUT2D eigenvalue weighted by atomic mass is 19.4. The van der Waals surface area contributed by atoms with Gasteiger partial charge in [0.2, 0.25) is 5.82 Å². The van der Waals surface area contributed by atoms with Gasteiger partial charge in [-0.1, -0.05) is 29.4 Å². The van der Waals surface area contributed by atoms with Crippen molar-refractivity contribution in [2.24, 2.45) is 0 Å². The molecule has 0 saturated heterocycles. The van der Waals surface area contributed by atoms with E-state index in [1.165, 1.54) is 7.11 Å². The zero-order chi connectivity index (χ0) is 17.7. The van der Waals surface area contributed by atoms with Crippen molar-refractivity contribution >= 4 is 6.03 Å². The Kier molecular flexibility index (Phi) is 5.39. The molecule has 10 heteroatoms. The number of hydrogen-bond acceptors (Lipinski definition) is 5. The monoisotopic (exact) mass is 344 g/mol. The molecule has 1 aromatic carbocycles. The molecule has 0 atom stereocenters. The fourth-order valence-electron chi connectivity index (χ4n) is 1.85. The summed E-state index contributed by atoms with van der Waals surface area (Å²) in [7, 11) is 1.39. The van der Waals surface area contributed by atoms with Gasteiger partial charge < -0.3 is 9.84 Å². The number of nitrogens with one attached hydrogen (secondary N) is 1. The van der Waals surface area contributed by atoms with E-state index in [1.807, 2.05) is 0 Å². The topological polar surface area (TPSA) is 80.5 Å². The molecule has 0 fully saturated rings. The van der Waals surface area contributed by atoms with E-state index in [9.17, 15) is 18.0 Å². The molecule has 7 nitrogen and oxygen atoms in total. The average Bonchev–Trinajstić information content (AvgIpc) is 3.05. The highest BCUT2D eigenvalue weighted by Crippen LogP contribution is 2.29. The number of carbonyl (C=O) groups is 1. The Balaban J connectivity index is 2.01. The van der Waals surface area contributed by atoms with E-state index in [4.69, 9.17) is 4.84 Å². The number of urea groups is 1. The second-order valence-electron chi connectivity index (χ2n) is 4.65. The number of benzene rings is 1. The van der Waals surface area contributed by atoms with Gasteiger partial charge in [0, 0.05) is 18.7 Å². The van der Waals surface area contributed by atoms with Crippen LogP contribution in [-0.2, 0) is 17.6 Å². The molecule has 0 bridgehead atoms. The Morgan fingerprint density at radius 3 is 2.50 bits per heavy atom. The van der Waals surface area contributed by atoms with Crippen LogP contribution in [0.1, 0.15) is 18.4 Å².